The van der Waals surface area contributed by atoms with Crippen molar-refractivity contribution in [1.29, 1.82) is 0 Å². The van der Waals surface area contributed by atoms with E-state index in [4.69, 9.17) is 18.9 Å². The number of fused-ring (bicyclic) bond motifs is 4. The molecule has 0 saturated carbocycles. The van der Waals surface area contributed by atoms with E-state index in [1.165, 1.54) is 0 Å². The van der Waals surface area contributed by atoms with Crippen LogP contribution in [-0.2, 0) is 18.9 Å². The normalized spacial score (nSPS) is 11.7. The van der Waals surface area contributed by atoms with Gasteiger partial charge in [0.2, 0.25) is 0 Å². The zero-order valence-electron chi connectivity index (χ0n) is 42.3. The van der Waals surface area contributed by atoms with Crippen LogP contribution in [-0.4, -0.2) is 50.3 Å². The number of carbonyl (C=O) groups excluding carboxylic acids is 4. The number of hydrogen-bond donors (Lipinski definition) is 4. The van der Waals surface area contributed by atoms with Gasteiger partial charge in [0, 0.05) is 45.0 Å². The molecular formula is C64H52N4O8. The number of ether oxygens (including phenoxy) is 4. The zero-order valence-corrected chi connectivity index (χ0v) is 42.3. The molecule has 10 aromatic carbocycles. The molecule has 0 radical (unpaired) electrons. The lowest BCUT2D eigenvalue weighted by Crippen LogP contribution is -2.15. The molecule has 4 heterocycles. The average molecular weight is 1010 g/mol. The largest absolute Gasteiger partial charge is 0.462 e. The molecule has 10 aromatic rings. The molecule has 0 atom stereocenters. The summed E-state index contributed by atoms with van der Waals surface area (Å²) < 4.78 is 23.2. The number of esters is 4. The monoisotopic (exact) mass is 1000 g/mol. The molecule has 0 aliphatic carbocycles. The number of nitrogens with one attached hydrogen (secondary N) is 4. The van der Waals surface area contributed by atoms with Gasteiger partial charge in [0.05, 0.1) is 71.4 Å². The smallest absolute Gasteiger partial charge is 0.340 e. The summed E-state index contributed by atoms with van der Waals surface area (Å²) in [5.41, 5.74) is 6.97. The molecule has 0 unspecified atom stereocenters. The lowest BCUT2D eigenvalue weighted by molar-refractivity contribution is 0.0513. The molecule has 12 heteroatoms. The van der Waals surface area contributed by atoms with Gasteiger partial charge in [0.15, 0.2) is 0 Å². The second-order valence-corrected chi connectivity index (χ2v) is 18.1. The van der Waals surface area contributed by atoms with Crippen molar-refractivity contribution in [2.45, 2.75) is 27.7 Å². The Hall–Kier alpha value is -9.68. The highest BCUT2D eigenvalue weighted by molar-refractivity contribution is 6.18. The molecule has 4 bridgehead atoms. The summed E-state index contributed by atoms with van der Waals surface area (Å²) in [4.78, 5) is 58.0. The van der Waals surface area contributed by atoms with Crippen LogP contribution in [0.15, 0.2) is 170 Å². The fraction of sp³-hybridized carbons (Fsp3) is 0.125. The Balaban J connectivity index is 1.30. The fourth-order valence-corrected chi connectivity index (χ4v) is 10.3. The fourth-order valence-electron chi connectivity index (χ4n) is 10.3. The van der Waals surface area contributed by atoms with Crippen LogP contribution in [0.25, 0.3) is 65.3 Å². The predicted octanol–water partition coefficient (Wildman–Crippen LogP) is 15.6. The Morgan fingerprint density at radius 2 is 0.500 bits per heavy atom. The quantitative estimate of drug-likeness (QED) is 0.0846. The molecule has 0 fully saturated rings. The van der Waals surface area contributed by atoms with E-state index in [9.17, 15) is 19.2 Å². The van der Waals surface area contributed by atoms with Crippen molar-refractivity contribution < 1.29 is 38.1 Å². The Labute approximate surface area is 438 Å². The lowest BCUT2D eigenvalue weighted by Gasteiger charge is -2.25. The summed E-state index contributed by atoms with van der Waals surface area (Å²) >= 11 is 0. The van der Waals surface area contributed by atoms with E-state index < -0.39 is 23.9 Å². The maximum atomic E-state index is 14.5. The number of anilines is 8. The third-order valence-electron chi connectivity index (χ3n) is 13.6. The number of benzene rings is 10. The summed E-state index contributed by atoms with van der Waals surface area (Å²) in [6, 6.07) is 54.1. The maximum Gasteiger partial charge on any atom is 0.340 e. The van der Waals surface area contributed by atoms with Crippen molar-refractivity contribution in [2.24, 2.45) is 0 Å². The maximum absolute atomic E-state index is 14.5. The SMILES string of the molecule is CCOC(=O)c1cc2c(C(=O)OCC)cc1Nc1ccc3ccccc3c1-c1c(ccc3ccccc13)Nc1cc(C(=O)OCC)c(cc1C(=O)OCC)Nc1ccc3ccccc3c1-c1c(ccc3ccccc13)N2. The second-order valence-electron chi connectivity index (χ2n) is 18.1. The molecule has 14 rings (SSSR count). The molecule has 12 nitrogen and oxygen atoms in total. The first kappa shape index (κ1) is 48.6. The van der Waals surface area contributed by atoms with Crippen molar-refractivity contribution in [1.82, 2.24) is 0 Å². The van der Waals surface area contributed by atoms with Crippen LogP contribution < -0.4 is 21.3 Å². The molecular weight excluding hydrogens is 953 g/mol. The first-order valence-electron chi connectivity index (χ1n) is 25.4. The van der Waals surface area contributed by atoms with E-state index in [0.717, 1.165) is 65.3 Å². The van der Waals surface area contributed by atoms with Crippen LogP contribution in [0.3, 0.4) is 0 Å². The first-order valence-corrected chi connectivity index (χ1v) is 25.4. The van der Waals surface area contributed by atoms with Gasteiger partial charge in [-0.3, -0.25) is 0 Å². The molecule has 0 aromatic heterocycles. The van der Waals surface area contributed by atoms with Gasteiger partial charge in [-0.2, -0.15) is 0 Å². The van der Waals surface area contributed by atoms with Gasteiger partial charge in [-0.15, -0.1) is 0 Å². The van der Waals surface area contributed by atoms with Crippen molar-refractivity contribution in [3.8, 4) is 22.3 Å². The van der Waals surface area contributed by atoms with E-state index in [2.05, 4.69) is 21.3 Å². The molecule has 0 spiro atoms. The van der Waals surface area contributed by atoms with Gasteiger partial charge in [-0.25, -0.2) is 19.2 Å². The van der Waals surface area contributed by atoms with E-state index >= 15 is 0 Å². The van der Waals surface area contributed by atoms with Crippen molar-refractivity contribution in [3.63, 3.8) is 0 Å². The molecule has 4 aliphatic rings. The highest BCUT2D eigenvalue weighted by atomic mass is 16.5. The van der Waals surface area contributed by atoms with Crippen LogP contribution in [0.5, 0.6) is 0 Å². The minimum atomic E-state index is -0.619. The summed E-state index contributed by atoms with van der Waals surface area (Å²) in [5, 5.41) is 21.6. The van der Waals surface area contributed by atoms with E-state index in [1.54, 1.807) is 52.0 Å². The van der Waals surface area contributed by atoms with Crippen LogP contribution >= 0.6 is 0 Å². The molecule has 4 aliphatic heterocycles. The summed E-state index contributed by atoms with van der Waals surface area (Å²) in [7, 11) is 0. The minimum Gasteiger partial charge on any atom is -0.462 e. The highest BCUT2D eigenvalue weighted by Gasteiger charge is 2.29. The standard InChI is InChI=1S/C64H52N4O8/c1-5-73-61(69)45-33-54-46(62(70)74-6-2)34-53(45)65-49-29-25-37-17-9-13-21-41(37)57(49)59-43-23-15-11-19-39(43)27-31-51(59)67-55-35-48(64(72)76-8-4)56(36-47(55)63(71)75-7-3)68-52-32-28-40-20-12-16-24-44(40)60(52)58-42-22-14-10-18-38(42)26-30-50(58)66-54/h9-36,65-68H,5-8H2,1-4H3. The topological polar surface area (TPSA) is 153 Å². The van der Waals surface area contributed by atoms with Crippen LogP contribution in [0, 0.1) is 0 Å². The van der Waals surface area contributed by atoms with Gasteiger partial charge < -0.3 is 40.2 Å². The average Bonchev–Trinajstić information content (AvgIpc) is 3.54. The molecule has 4 N–H and O–H groups in total. The van der Waals surface area contributed by atoms with E-state index in [-0.39, 0.29) is 71.4 Å². The minimum absolute atomic E-state index is 0.0883. The van der Waals surface area contributed by atoms with Gasteiger partial charge in [-0.05, 0) is 119 Å². The third-order valence-corrected chi connectivity index (χ3v) is 13.6. The van der Waals surface area contributed by atoms with Gasteiger partial charge in [-0.1, -0.05) is 121 Å². The second kappa shape index (κ2) is 20.7. The van der Waals surface area contributed by atoms with E-state index in [1.807, 2.05) is 146 Å². The number of hydrogen-bond acceptors (Lipinski definition) is 12. The zero-order chi connectivity index (χ0) is 52.5. The van der Waals surface area contributed by atoms with Gasteiger partial charge >= 0.3 is 23.9 Å². The Morgan fingerprint density at radius 3 is 0.711 bits per heavy atom. The van der Waals surface area contributed by atoms with Crippen LogP contribution in [0.4, 0.5) is 45.5 Å². The Kier molecular flexibility index (Phi) is 13.2. The highest BCUT2D eigenvalue weighted by Crippen LogP contribution is 2.49. The molecule has 376 valence electrons. The molecule has 0 saturated heterocycles. The third kappa shape index (κ3) is 8.89. The van der Waals surface area contributed by atoms with Gasteiger partial charge in [0.25, 0.3) is 0 Å². The van der Waals surface area contributed by atoms with Crippen LogP contribution in [0.2, 0.25) is 0 Å². The van der Waals surface area contributed by atoms with Crippen molar-refractivity contribution >= 4 is 112 Å². The summed E-state index contributed by atoms with van der Waals surface area (Å²) in [5.74, 6) is -2.48. The molecule has 0 amide bonds. The Morgan fingerprint density at radius 1 is 0.289 bits per heavy atom. The predicted molar refractivity (Wildman–Crippen MR) is 304 cm³/mol. The number of rotatable bonds is 8. The van der Waals surface area contributed by atoms with E-state index in [0.29, 0.717) is 22.7 Å². The number of carbonyl (C=O) groups is 4. The van der Waals surface area contributed by atoms with Gasteiger partial charge in [0.1, 0.15) is 0 Å². The summed E-state index contributed by atoms with van der Waals surface area (Å²) in [6.45, 7) is 7.34. The molecule has 76 heavy (non-hydrogen) atoms. The first-order chi connectivity index (χ1) is 37.2. The van der Waals surface area contributed by atoms with Crippen molar-refractivity contribution in [2.75, 3.05) is 47.7 Å². The lowest BCUT2D eigenvalue weighted by atomic mass is 9.90. The van der Waals surface area contributed by atoms with Crippen LogP contribution in [0.1, 0.15) is 69.1 Å². The Bertz CT molecular complexity index is 3480. The van der Waals surface area contributed by atoms with Crippen molar-refractivity contribution in [3.05, 3.63) is 192 Å². The summed E-state index contributed by atoms with van der Waals surface area (Å²) in [6.07, 6.45) is 0.